The second-order valence-electron chi connectivity index (χ2n) is 8.74. The van der Waals surface area contributed by atoms with E-state index in [0.29, 0.717) is 22.2 Å². The molecule has 0 spiro atoms. The van der Waals surface area contributed by atoms with Crippen LogP contribution in [0.3, 0.4) is 0 Å². The zero-order valence-corrected chi connectivity index (χ0v) is 21.4. The number of hydrogen-bond acceptors (Lipinski definition) is 10. The number of benzene rings is 2. The lowest BCUT2D eigenvalue weighted by Gasteiger charge is -2.29. The van der Waals surface area contributed by atoms with Crippen molar-refractivity contribution in [3.8, 4) is 0 Å². The third-order valence-corrected chi connectivity index (χ3v) is 6.69. The largest absolute Gasteiger partial charge is 0.460 e. The average molecular weight is 538 g/mol. The fraction of sp³-hybridized carbons (Fsp3) is 0.240. The highest BCUT2D eigenvalue weighted by atomic mass is 32.2. The van der Waals surface area contributed by atoms with Gasteiger partial charge >= 0.3 is 5.97 Å². The molecule has 0 bridgehead atoms. The molecule has 3 aromatic rings. The van der Waals surface area contributed by atoms with E-state index in [9.17, 15) is 29.8 Å². The predicted molar refractivity (Wildman–Crippen MR) is 140 cm³/mol. The van der Waals surface area contributed by atoms with Crippen molar-refractivity contribution in [2.24, 2.45) is 0 Å². The molecule has 12 nitrogen and oxygen atoms in total. The van der Waals surface area contributed by atoms with Gasteiger partial charge in [0, 0.05) is 35.7 Å². The molecule has 0 radical (unpaired) electrons. The molecule has 2 aromatic carbocycles. The van der Waals surface area contributed by atoms with Gasteiger partial charge in [0.15, 0.2) is 5.16 Å². The third-order valence-electron chi connectivity index (χ3n) is 5.74. The van der Waals surface area contributed by atoms with Crippen molar-refractivity contribution < 1.29 is 19.4 Å². The Morgan fingerprint density at radius 3 is 2.18 bits per heavy atom. The zero-order valence-electron chi connectivity index (χ0n) is 20.6. The highest BCUT2D eigenvalue weighted by Gasteiger charge is 2.37. The van der Waals surface area contributed by atoms with Gasteiger partial charge in [-0.15, -0.1) is 0 Å². The fourth-order valence-corrected chi connectivity index (χ4v) is 4.85. The molecule has 1 unspecified atom stereocenters. The summed E-state index contributed by atoms with van der Waals surface area (Å²) >= 11 is 1.23. The van der Waals surface area contributed by atoms with Crippen LogP contribution in [-0.4, -0.2) is 31.9 Å². The number of nitrogens with one attached hydrogen (secondary N) is 2. The number of carbonyl (C=O) groups excluding carboxylic acids is 1. The molecule has 0 aliphatic carbocycles. The minimum Gasteiger partial charge on any atom is -0.460 e. The van der Waals surface area contributed by atoms with Gasteiger partial charge in [0.05, 0.1) is 33.0 Å². The van der Waals surface area contributed by atoms with Crippen LogP contribution in [0, 0.1) is 20.2 Å². The number of non-ortho nitro benzene ring substituents is 2. The van der Waals surface area contributed by atoms with E-state index in [4.69, 9.17) is 4.74 Å². The van der Waals surface area contributed by atoms with Gasteiger partial charge in [-0.25, -0.2) is 9.78 Å². The molecular weight excluding hydrogens is 514 g/mol. The first-order valence-electron chi connectivity index (χ1n) is 11.5. The normalized spacial score (nSPS) is 14.6. The Hall–Kier alpha value is -4.52. The maximum absolute atomic E-state index is 13.4. The molecule has 0 fully saturated rings. The number of carbonyl (C=O) groups is 1. The van der Waals surface area contributed by atoms with Gasteiger partial charge in [-0.2, -0.15) is 0 Å². The number of ether oxygens (including phenoxy) is 1. The monoisotopic (exact) mass is 537 g/mol. The number of anilines is 1. The van der Waals surface area contributed by atoms with E-state index in [1.165, 1.54) is 48.2 Å². The Balaban J connectivity index is 1.72. The lowest BCUT2D eigenvalue weighted by atomic mass is 9.82. The summed E-state index contributed by atoms with van der Waals surface area (Å²) in [6.07, 6.45) is -0.406. The zero-order chi connectivity index (χ0) is 27.6. The van der Waals surface area contributed by atoms with E-state index >= 15 is 0 Å². The van der Waals surface area contributed by atoms with Crippen LogP contribution in [0.15, 0.2) is 69.8 Å². The summed E-state index contributed by atoms with van der Waals surface area (Å²) in [5.41, 5.74) is 1.49. The maximum Gasteiger partial charge on any atom is 0.337 e. The van der Waals surface area contributed by atoms with Crippen LogP contribution in [0.4, 0.5) is 17.2 Å². The van der Waals surface area contributed by atoms with Crippen molar-refractivity contribution in [3.05, 3.63) is 107 Å². The lowest BCUT2D eigenvalue weighted by molar-refractivity contribution is -0.385. The van der Waals surface area contributed by atoms with Crippen LogP contribution in [0.2, 0.25) is 0 Å². The summed E-state index contributed by atoms with van der Waals surface area (Å²) in [4.78, 5) is 54.8. The summed E-state index contributed by atoms with van der Waals surface area (Å²) in [5, 5.41) is 25.4. The SMILES string of the molecule is CC1=C(C(=O)OC(C)C)C(c2ccc([N+](=O)[O-])cc2)c2c(nc(SCc3ccc([N+](=O)[O-])cc3)[nH]c2=O)N1. The minimum absolute atomic E-state index is 0.0189. The van der Waals surface area contributed by atoms with Crippen molar-refractivity contribution in [2.45, 2.75) is 43.7 Å². The molecule has 4 rings (SSSR count). The molecule has 1 atom stereocenters. The lowest BCUT2D eigenvalue weighted by Crippen LogP contribution is -2.31. The molecule has 1 aliphatic rings. The van der Waals surface area contributed by atoms with Crippen LogP contribution in [0.25, 0.3) is 0 Å². The standard InChI is InChI=1S/C25H23N5O7S/c1-13(2)37-24(32)19-14(3)26-22-21(20(19)16-6-10-18(11-7-16)30(35)36)23(31)28-25(27-22)38-12-15-4-8-17(9-5-15)29(33)34/h4-11,13,20H,12H2,1-3H3,(H2,26,27,28,31). The molecule has 2 N–H and O–H groups in total. The van der Waals surface area contributed by atoms with Crippen LogP contribution >= 0.6 is 11.8 Å². The maximum atomic E-state index is 13.4. The molecule has 196 valence electrons. The summed E-state index contributed by atoms with van der Waals surface area (Å²) in [7, 11) is 0. The number of aromatic nitrogens is 2. The van der Waals surface area contributed by atoms with Crippen LogP contribution in [0.5, 0.6) is 0 Å². The van der Waals surface area contributed by atoms with Gasteiger partial charge in [-0.1, -0.05) is 36.0 Å². The number of nitrogens with zero attached hydrogens (tertiary/aromatic N) is 3. The highest BCUT2D eigenvalue weighted by Crippen LogP contribution is 2.40. The molecule has 38 heavy (non-hydrogen) atoms. The second-order valence-corrected chi connectivity index (χ2v) is 9.71. The number of esters is 1. The van der Waals surface area contributed by atoms with E-state index in [2.05, 4.69) is 15.3 Å². The third kappa shape index (κ3) is 5.57. The Morgan fingerprint density at radius 2 is 1.63 bits per heavy atom. The molecule has 0 saturated heterocycles. The number of nitro groups is 2. The Labute approximate surface area is 220 Å². The van der Waals surface area contributed by atoms with E-state index in [1.54, 1.807) is 32.9 Å². The van der Waals surface area contributed by atoms with Gasteiger partial charge in [0.1, 0.15) is 5.82 Å². The Morgan fingerprint density at radius 1 is 1.05 bits per heavy atom. The fourth-order valence-electron chi connectivity index (χ4n) is 4.03. The molecule has 0 amide bonds. The Kier molecular flexibility index (Phi) is 7.57. The summed E-state index contributed by atoms with van der Waals surface area (Å²) in [6.45, 7) is 5.09. The number of H-pyrrole nitrogens is 1. The van der Waals surface area contributed by atoms with Gasteiger partial charge < -0.3 is 15.0 Å². The first-order chi connectivity index (χ1) is 18.0. The number of fused-ring (bicyclic) bond motifs is 1. The van der Waals surface area contributed by atoms with Crippen molar-refractivity contribution >= 4 is 34.9 Å². The van der Waals surface area contributed by atoms with E-state index in [1.807, 2.05) is 0 Å². The van der Waals surface area contributed by atoms with Gasteiger partial charge in [0.25, 0.3) is 16.9 Å². The molecule has 1 aromatic heterocycles. The highest BCUT2D eigenvalue weighted by molar-refractivity contribution is 7.98. The molecule has 13 heteroatoms. The predicted octanol–water partition coefficient (Wildman–Crippen LogP) is 4.66. The van der Waals surface area contributed by atoms with Crippen LogP contribution < -0.4 is 10.9 Å². The first-order valence-corrected chi connectivity index (χ1v) is 12.5. The van der Waals surface area contributed by atoms with Crippen LogP contribution in [0.1, 0.15) is 43.4 Å². The average Bonchev–Trinajstić information content (AvgIpc) is 2.86. The van der Waals surface area contributed by atoms with E-state index in [0.717, 1.165) is 5.56 Å². The molecular formula is C25H23N5O7S. The number of nitro benzene ring substituents is 2. The van der Waals surface area contributed by atoms with Gasteiger partial charge in [0.2, 0.25) is 0 Å². The van der Waals surface area contributed by atoms with Gasteiger partial charge in [-0.05, 0) is 31.9 Å². The summed E-state index contributed by atoms with van der Waals surface area (Å²) in [6, 6.07) is 11.7. The minimum atomic E-state index is -0.872. The molecule has 1 aliphatic heterocycles. The number of rotatable bonds is 8. The van der Waals surface area contributed by atoms with E-state index in [-0.39, 0.29) is 28.3 Å². The number of allylic oxidation sites excluding steroid dienone is 1. The van der Waals surface area contributed by atoms with Crippen molar-refractivity contribution in [1.29, 1.82) is 0 Å². The number of aromatic amines is 1. The quantitative estimate of drug-likeness (QED) is 0.135. The molecule has 2 heterocycles. The summed E-state index contributed by atoms with van der Waals surface area (Å²) < 4.78 is 5.44. The topological polar surface area (TPSA) is 170 Å². The molecule has 0 saturated carbocycles. The van der Waals surface area contributed by atoms with Crippen molar-refractivity contribution in [3.63, 3.8) is 0 Å². The summed E-state index contributed by atoms with van der Waals surface area (Å²) in [5.74, 6) is -0.841. The van der Waals surface area contributed by atoms with Crippen molar-refractivity contribution in [2.75, 3.05) is 5.32 Å². The van der Waals surface area contributed by atoms with Crippen LogP contribution in [-0.2, 0) is 15.3 Å². The van der Waals surface area contributed by atoms with Gasteiger partial charge in [-0.3, -0.25) is 25.0 Å². The first kappa shape index (κ1) is 26.5. The number of thioether (sulfide) groups is 1. The second kappa shape index (κ2) is 10.8. The Bertz CT molecular complexity index is 1500. The number of hydrogen-bond donors (Lipinski definition) is 2. The smallest absolute Gasteiger partial charge is 0.337 e. The van der Waals surface area contributed by atoms with E-state index < -0.39 is 33.4 Å². The van der Waals surface area contributed by atoms with Crippen molar-refractivity contribution in [1.82, 2.24) is 9.97 Å².